The highest BCUT2D eigenvalue weighted by Gasteiger charge is 2.26. The highest BCUT2D eigenvalue weighted by molar-refractivity contribution is 6.00. The Morgan fingerprint density at radius 2 is 1.41 bits per heavy atom. The Labute approximate surface area is 227 Å². The second-order valence-corrected chi connectivity index (χ2v) is 9.77. The molecule has 2 N–H and O–H groups in total. The molecule has 0 radical (unpaired) electrons. The van der Waals surface area contributed by atoms with E-state index in [1.54, 1.807) is 23.1 Å². The zero-order valence-electron chi connectivity index (χ0n) is 21.7. The van der Waals surface area contributed by atoms with Crippen molar-refractivity contribution in [3.63, 3.8) is 0 Å². The van der Waals surface area contributed by atoms with Crippen LogP contribution in [-0.2, 0) is 11.2 Å². The van der Waals surface area contributed by atoms with Crippen molar-refractivity contribution >= 4 is 29.1 Å². The molecule has 0 spiro atoms. The molecule has 2 aliphatic heterocycles. The summed E-state index contributed by atoms with van der Waals surface area (Å²) >= 11 is 0. The minimum Gasteiger partial charge on any atom is -0.366 e. The fourth-order valence-electron chi connectivity index (χ4n) is 5.03. The third-order valence-corrected chi connectivity index (χ3v) is 7.11. The number of rotatable bonds is 6. The lowest BCUT2D eigenvalue weighted by Crippen LogP contribution is -2.49. The SMILES string of the molecule is O=C(Cc1ccccc1)Nc1cc(C(=O)N2CCNCC2)ccc1N1CCN(C(=O)c2cccc(F)c2)CC1. The number of carbonyl (C=O) groups excluding carboxylic acids is 3. The van der Waals surface area contributed by atoms with Gasteiger partial charge in [-0.25, -0.2) is 4.39 Å². The number of nitrogens with zero attached hydrogens (tertiary/aromatic N) is 3. The van der Waals surface area contributed by atoms with E-state index in [1.807, 2.05) is 41.3 Å². The van der Waals surface area contributed by atoms with Crippen LogP contribution in [0.1, 0.15) is 26.3 Å². The topological polar surface area (TPSA) is 85.0 Å². The molecule has 0 aromatic heterocycles. The molecule has 2 saturated heterocycles. The van der Waals surface area contributed by atoms with E-state index in [9.17, 15) is 18.8 Å². The van der Waals surface area contributed by atoms with E-state index in [4.69, 9.17) is 0 Å². The summed E-state index contributed by atoms with van der Waals surface area (Å²) in [4.78, 5) is 44.7. The Morgan fingerprint density at radius 3 is 2.10 bits per heavy atom. The number of hydrogen-bond acceptors (Lipinski definition) is 5. The molecule has 0 bridgehead atoms. The van der Waals surface area contributed by atoms with E-state index in [0.29, 0.717) is 56.1 Å². The molecular formula is C30H32FN5O3. The van der Waals surface area contributed by atoms with Crippen molar-refractivity contribution < 1.29 is 18.8 Å². The summed E-state index contributed by atoms with van der Waals surface area (Å²) in [6.45, 7) is 4.76. The summed E-state index contributed by atoms with van der Waals surface area (Å²) in [5.74, 6) is -0.880. The standard InChI is InChI=1S/C30H32FN5O3/c31-25-8-4-7-23(20-25)29(38)36-17-15-34(16-18-36)27-10-9-24(30(39)35-13-11-32-12-14-35)21-26(27)33-28(37)19-22-5-2-1-3-6-22/h1-10,20-21,32H,11-19H2,(H,33,37). The van der Waals surface area contributed by atoms with Gasteiger partial charge in [-0.15, -0.1) is 0 Å². The fourth-order valence-corrected chi connectivity index (χ4v) is 5.03. The van der Waals surface area contributed by atoms with Gasteiger partial charge < -0.3 is 25.3 Å². The molecule has 0 unspecified atom stereocenters. The summed E-state index contributed by atoms with van der Waals surface area (Å²) in [6, 6.07) is 20.7. The van der Waals surface area contributed by atoms with Gasteiger partial charge in [-0.1, -0.05) is 36.4 Å². The first-order chi connectivity index (χ1) is 19.0. The minimum absolute atomic E-state index is 0.0629. The summed E-state index contributed by atoms with van der Waals surface area (Å²) in [5.41, 5.74) is 3.12. The lowest BCUT2D eigenvalue weighted by atomic mass is 10.1. The third-order valence-electron chi connectivity index (χ3n) is 7.11. The van der Waals surface area contributed by atoms with E-state index in [-0.39, 0.29) is 24.1 Å². The summed E-state index contributed by atoms with van der Waals surface area (Å²) in [7, 11) is 0. The fraction of sp³-hybridized carbons (Fsp3) is 0.300. The van der Waals surface area contributed by atoms with Crippen LogP contribution in [0.3, 0.4) is 0 Å². The van der Waals surface area contributed by atoms with Gasteiger partial charge in [0, 0.05) is 63.5 Å². The Bertz CT molecular complexity index is 1340. The first kappa shape index (κ1) is 26.4. The van der Waals surface area contributed by atoms with Crippen LogP contribution in [0.2, 0.25) is 0 Å². The molecule has 5 rings (SSSR count). The van der Waals surface area contributed by atoms with Crippen molar-refractivity contribution in [2.45, 2.75) is 6.42 Å². The molecular weight excluding hydrogens is 497 g/mol. The van der Waals surface area contributed by atoms with Gasteiger partial charge in [-0.05, 0) is 42.0 Å². The Kier molecular flexibility index (Phi) is 8.17. The van der Waals surface area contributed by atoms with Crippen LogP contribution in [0.15, 0.2) is 72.8 Å². The van der Waals surface area contributed by atoms with Gasteiger partial charge in [-0.2, -0.15) is 0 Å². The number of piperazine rings is 2. The molecule has 3 aromatic carbocycles. The summed E-state index contributed by atoms with van der Waals surface area (Å²) in [6.07, 6.45) is 0.214. The average molecular weight is 530 g/mol. The Balaban J connectivity index is 1.33. The molecule has 0 saturated carbocycles. The van der Waals surface area contributed by atoms with Crippen LogP contribution in [0.4, 0.5) is 15.8 Å². The number of carbonyl (C=O) groups is 3. The predicted octanol–water partition coefficient (Wildman–Crippen LogP) is 3.01. The lowest BCUT2D eigenvalue weighted by Gasteiger charge is -2.37. The third kappa shape index (κ3) is 6.43. The van der Waals surface area contributed by atoms with E-state index in [0.717, 1.165) is 24.3 Å². The molecule has 2 heterocycles. The molecule has 0 atom stereocenters. The van der Waals surface area contributed by atoms with Crippen molar-refractivity contribution in [2.75, 3.05) is 62.6 Å². The number of benzene rings is 3. The van der Waals surface area contributed by atoms with Crippen molar-refractivity contribution in [1.82, 2.24) is 15.1 Å². The first-order valence-corrected chi connectivity index (χ1v) is 13.3. The predicted molar refractivity (Wildman–Crippen MR) is 149 cm³/mol. The van der Waals surface area contributed by atoms with Crippen LogP contribution < -0.4 is 15.5 Å². The second-order valence-electron chi connectivity index (χ2n) is 9.77. The zero-order valence-corrected chi connectivity index (χ0v) is 21.7. The van der Waals surface area contributed by atoms with E-state index in [2.05, 4.69) is 15.5 Å². The molecule has 2 aliphatic rings. The highest BCUT2D eigenvalue weighted by atomic mass is 19.1. The van der Waals surface area contributed by atoms with Gasteiger partial charge in [-0.3, -0.25) is 14.4 Å². The van der Waals surface area contributed by atoms with Crippen LogP contribution >= 0.6 is 0 Å². The zero-order chi connectivity index (χ0) is 27.2. The van der Waals surface area contributed by atoms with E-state index >= 15 is 0 Å². The van der Waals surface area contributed by atoms with Gasteiger partial charge in [0.15, 0.2) is 0 Å². The highest BCUT2D eigenvalue weighted by Crippen LogP contribution is 2.29. The number of halogens is 1. The number of nitrogens with one attached hydrogen (secondary N) is 2. The molecule has 0 aliphatic carbocycles. The van der Waals surface area contributed by atoms with Gasteiger partial charge in [0.25, 0.3) is 11.8 Å². The van der Waals surface area contributed by atoms with Gasteiger partial charge in [0.2, 0.25) is 5.91 Å². The first-order valence-electron chi connectivity index (χ1n) is 13.3. The van der Waals surface area contributed by atoms with Crippen LogP contribution in [0.25, 0.3) is 0 Å². The van der Waals surface area contributed by atoms with Gasteiger partial charge >= 0.3 is 0 Å². The molecule has 39 heavy (non-hydrogen) atoms. The van der Waals surface area contributed by atoms with Crippen molar-refractivity contribution in [3.8, 4) is 0 Å². The number of amides is 3. The second kappa shape index (κ2) is 12.1. The maximum atomic E-state index is 13.6. The number of hydrogen-bond donors (Lipinski definition) is 2. The molecule has 3 amide bonds. The maximum Gasteiger partial charge on any atom is 0.254 e. The Hall–Kier alpha value is -4.24. The van der Waals surface area contributed by atoms with Crippen LogP contribution in [0, 0.1) is 5.82 Å². The monoisotopic (exact) mass is 529 g/mol. The van der Waals surface area contributed by atoms with Crippen molar-refractivity contribution in [1.29, 1.82) is 0 Å². The lowest BCUT2D eigenvalue weighted by molar-refractivity contribution is -0.115. The largest absolute Gasteiger partial charge is 0.366 e. The molecule has 3 aromatic rings. The average Bonchev–Trinajstić information content (AvgIpc) is 2.97. The Morgan fingerprint density at radius 1 is 0.744 bits per heavy atom. The molecule has 9 heteroatoms. The summed E-state index contributed by atoms with van der Waals surface area (Å²) < 4.78 is 13.6. The number of anilines is 2. The quantitative estimate of drug-likeness (QED) is 0.513. The van der Waals surface area contributed by atoms with Crippen LogP contribution in [0.5, 0.6) is 0 Å². The van der Waals surface area contributed by atoms with Gasteiger partial charge in [0.1, 0.15) is 5.82 Å². The minimum atomic E-state index is -0.439. The maximum absolute atomic E-state index is 13.6. The van der Waals surface area contributed by atoms with E-state index in [1.165, 1.54) is 18.2 Å². The molecule has 2 fully saturated rings. The molecule has 202 valence electrons. The molecule has 8 nitrogen and oxygen atoms in total. The van der Waals surface area contributed by atoms with E-state index < -0.39 is 5.82 Å². The van der Waals surface area contributed by atoms with Crippen molar-refractivity contribution in [3.05, 3.63) is 95.3 Å². The normalized spacial score (nSPS) is 15.7. The van der Waals surface area contributed by atoms with Crippen LogP contribution in [-0.4, -0.2) is 79.9 Å². The summed E-state index contributed by atoms with van der Waals surface area (Å²) in [5, 5.41) is 6.29. The smallest absolute Gasteiger partial charge is 0.254 e. The van der Waals surface area contributed by atoms with Gasteiger partial charge in [0.05, 0.1) is 17.8 Å². The van der Waals surface area contributed by atoms with Crippen molar-refractivity contribution in [2.24, 2.45) is 0 Å².